The summed E-state index contributed by atoms with van der Waals surface area (Å²) in [5, 5.41) is 8.84. The van der Waals surface area contributed by atoms with Gasteiger partial charge in [0.1, 0.15) is 6.10 Å². The molecular formula is C21H40O5. The van der Waals surface area contributed by atoms with Crippen LogP contribution in [0.3, 0.4) is 0 Å². The Hall–Kier alpha value is -0.650. The number of hydrogen-bond donors (Lipinski definition) is 1. The van der Waals surface area contributed by atoms with Crippen molar-refractivity contribution in [1.29, 1.82) is 0 Å². The summed E-state index contributed by atoms with van der Waals surface area (Å²) in [5.74, 6) is -1.92. The Kier molecular flexibility index (Phi) is 13.0. The molecule has 1 aliphatic heterocycles. The fraction of sp³-hybridized carbons (Fsp3) is 0.952. The molecule has 2 atom stereocenters. The van der Waals surface area contributed by atoms with E-state index in [-0.39, 0.29) is 12.5 Å². The van der Waals surface area contributed by atoms with E-state index in [1.54, 1.807) is 6.92 Å². The van der Waals surface area contributed by atoms with Crippen molar-refractivity contribution >= 4 is 5.97 Å². The number of carboxylic acid groups (broad SMARTS) is 1. The van der Waals surface area contributed by atoms with Crippen molar-refractivity contribution in [2.45, 2.75) is 109 Å². The van der Waals surface area contributed by atoms with Gasteiger partial charge in [-0.1, -0.05) is 77.6 Å². The lowest BCUT2D eigenvalue weighted by atomic mass is 10.1. The van der Waals surface area contributed by atoms with Crippen molar-refractivity contribution in [3.63, 3.8) is 0 Å². The highest BCUT2D eigenvalue weighted by atomic mass is 16.7. The molecule has 0 aromatic rings. The first-order chi connectivity index (χ1) is 12.6. The molecule has 1 aliphatic rings. The molecule has 0 aromatic carbocycles. The van der Waals surface area contributed by atoms with Crippen molar-refractivity contribution in [1.82, 2.24) is 0 Å². The van der Waals surface area contributed by atoms with E-state index in [9.17, 15) is 4.79 Å². The minimum Gasteiger partial charge on any atom is -0.481 e. The lowest BCUT2D eigenvalue weighted by Crippen LogP contribution is -2.30. The molecule has 1 heterocycles. The van der Waals surface area contributed by atoms with Gasteiger partial charge in [-0.25, -0.2) is 0 Å². The molecule has 0 aromatic heterocycles. The first-order valence-electron chi connectivity index (χ1n) is 10.7. The summed E-state index contributed by atoms with van der Waals surface area (Å²) in [7, 11) is 0. The van der Waals surface area contributed by atoms with Crippen molar-refractivity contribution in [2.75, 3.05) is 19.8 Å². The SMILES string of the molecule is CCCCCCCCCCCCCCOCC1COC(C)(CC(=O)O)O1. The van der Waals surface area contributed by atoms with Gasteiger partial charge in [0, 0.05) is 6.61 Å². The zero-order valence-electron chi connectivity index (χ0n) is 17.0. The Balaban J connectivity index is 1.82. The maximum Gasteiger partial charge on any atom is 0.308 e. The van der Waals surface area contributed by atoms with Crippen molar-refractivity contribution in [3.05, 3.63) is 0 Å². The molecule has 5 heteroatoms. The fourth-order valence-electron chi connectivity index (χ4n) is 3.40. The van der Waals surface area contributed by atoms with E-state index in [0.29, 0.717) is 13.2 Å². The molecular weight excluding hydrogens is 332 g/mol. The van der Waals surface area contributed by atoms with Gasteiger partial charge in [-0.3, -0.25) is 4.79 Å². The maximum absolute atomic E-state index is 10.8. The summed E-state index contributed by atoms with van der Waals surface area (Å²) in [6.45, 7) is 5.56. The van der Waals surface area contributed by atoms with Crippen LogP contribution in [0, 0.1) is 0 Å². The van der Waals surface area contributed by atoms with Crippen LogP contribution in [-0.2, 0) is 19.0 Å². The predicted octanol–water partition coefficient (Wildman–Crippen LogP) is 5.31. The van der Waals surface area contributed by atoms with Crippen LogP contribution < -0.4 is 0 Å². The Labute approximate surface area is 159 Å². The molecule has 26 heavy (non-hydrogen) atoms. The van der Waals surface area contributed by atoms with Gasteiger partial charge in [-0.05, 0) is 13.3 Å². The smallest absolute Gasteiger partial charge is 0.308 e. The van der Waals surface area contributed by atoms with E-state index in [0.717, 1.165) is 13.0 Å². The van der Waals surface area contributed by atoms with Crippen LogP contribution in [-0.4, -0.2) is 42.8 Å². The van der Waals surface area contributed by atoms with Crippen molar-refractivity contribution < 1.29 is 24.1 Å². The largest absolute Gasteiger partial charge is 0.481 e. The van der Waals surface area contributed by atoms with Gasteiger partial charge < -0.3 is 19.3 Å². The lowest BCUT2D eigenvalue weighted by molar-refractivity contribution is -0.179. The van der Waals surface area contributed by atoms with Crippen LogP contribution in [0.25, 0.3) is 0 Å². The summed E-state index contributed by atoms with van der Waals surface area (Å²) in [5.41, 5.74) is 0. The Morgan fingerprint density at radius 2 is 1.54 bits per heavy atom. The maximum atomic E-state index is 10.8. The highest BCUT2D eigenvalue weighted by Crippen LogP contribution is 2.26. The van der Waals surface area contributed by atoms with Gasteiger partial charge in [-0.2, -0.15) is 0 Å². The van der Waals surface area contributed by atoms with E-state index >= 15 is 0 Å². The summed E-state index contributed by atoms with van der Waals surface area (Å²) >= 11 is 0. The summed E-state index contributed by atoms with van der Waals surface area (Å²) < 4.78 is 16.8. The highest BCUT2D eigenvalue weighted by Gasteiger charge is 2.39. The molecule has 1 N–H and O–H groups in total. The van der Waals surface area contributed by atoms with E-state index in [2.05, 4.69) is 6.92 Å². The molecule has 0 radical (unpaired) electrons. The molecule has 0 aliphatic carbocycles. The second-order valence-electron chi connectivity index (χ2n) is 7.72. The standard InChI is InChI=1S/C21H40O5/c1-3-4-5-6-7-8-9-10-11-12-13-14-15-24-17-19-18-25-21(2,26-19)16-20(22)23/h19H,3-18H2,1-2H3,(H,22,23). The number of carboxylic acids is 1. The van der Waals surface area contributed by atoms with Crippen LogP contribution in [0.2, 0.25) is 0 Å². The van der Waals surface area contributed by atoms with E-state index in [1.165, 1.54) is 70.6 Å². The normalized spacial score (nSPS) is 22.8. The number of ether oxygens (including phenoxy) is 3. The highest BCUT2D eigenvalue weighted by molar-refractivity contribution is 5.67. The molecule has 154 valence electrons. The van der Waals surface area contributed by atoms with Gasteiger partial charge in [-0.15, -0.1) is 0 Å². The zero-order chi connectivity index (χ0) is 19.1. The monoisotopic (exact) mass is 372 g/mol. The predicted molar refractivity (Wildman–Crippen MR) is 103 cm³/mol. The Morgan fingerprint density at radius 3 is 2.08 bits per heavy atom. The van der Waals surface area contributed by atoms with Crippen LogP contribution >= 0.6 is 0 Å². The van der Waals surface area contributed by atoms with Crippen LogP contribution in [0.1, 0.15) is 97.3 Å². The van der Waals surface area contributed by atoms with Gasteiger partial charge in [0.15, 0.2) is 5.79 Å². The molecule has 0 amide bonds. The van der Waals surface area contributed by atoms with Gasteiger partial charge in [0.25, 0.3) is 0 Å². The molecule has 1 rings (SSSR count). The summed E-state index contributed by atoms with van der Waals surface area (Å²) in [6.07, 6.45) is 15.7. The van der Waals surface area contributed by atoms with Gasteiger partial charge in [0.2, 0.25) is 0 Å². The molecule has 1 fully saturated rings. The Bertz CT molecular complexity index is 360. The Morgan fingerprint density at radius 1 is 1.00 bits per heavy atom. The molecule has 0 spiro atoms. The molecule has 5 nitrogen and oxygen atoms in total. The molecule has 1 saturated heterocycles. The molecule has 0 saturated carbocycles. The van der Waals surface area contributed by atoms with E-state index in [1.807, 2.05) is 0 Å². The van der Waals surface area contributed by atoms with Gasteiger partial charge >= 0.3 is 5.97 Å². The second kappa shape index (κ2) is 14.4. The number of aliphatic carboxylic acids is 1. The van der Waals surface area contributed by atoms with Crippen LogP contribution in [0.15, 0.2) is 0 Å². The third-order valence-corrected chi connectivity index (χ3v) is 4.91. The number of unbranched alkanes of at least 4 members (excludes halogenated alkanes) is 11. The molecule has 0 bridgehead atoms. The molecule has 2 unspecified atom stereocenters. The summed E-state index contributed by atoms with van der Waals surface area (Å²) in [4.78, 5) is 10.8. The lowest BCUT2D eigenvalue weighted by Gasteiger charge is -2.20. The quantitative estimate of drug-likeness (QED) is 0.350. The number of carbonyl (C=O) groups is 1. The average Bonchev–Trinajstić information content (AvgIpc) is 2.95. The van der Waals surface area contributed by atoms with Crippen LogP contribution in [0.4, 0.5) is 0 Å². The minimum absolute atomic E-state index is 0.137. The van der Waals surface area contributed by atoms with Gasteiger partial charge in [0.05, 0.1) is 19.6 Å². The average molecular weight is 373 g/mol. The summed E-state index contributed by atoms with van der Waals surface area (Å²) in [6, 6.07) is 0. The topological polar surface area (TPSA) is 65.0 Å². The van der Waals surface area contributed by atoms with Crippen molar-refractivity contribution in [2.24, 2.45) is 0 Å². The number of rotatable bonds is 17. The van der Waals surface area contributed by atoms with E-state index in [4.69, 9.17) is 19.3 Å². The van der Waals surface area contributed by atoms with E-state index < -0.39 is 11.8 Å². The second-order valence-corrected chi connectivity index (χ2v) is 7.72. The third-order valence-electron chi connectivity index (χ3n) is 4.91. The fourth-order valence-corrected chi connectivity index (χ4v) is 3.40. The third kappa shape index (κ3) is 11.9. The zero-order valence-corrected chi connectivity index (χ0v) is 17.0. The number of hydrogen-bond acceptors (Lipinski definition) is 4. The van der Waals surface area contributed by atoms with Crippen molar-refractivity contribution in [3.8, 4) is 0 Å². The first-order valence-corrected chi connectivity index (χ1v) is 10.7. The van der Waals surface area contributed by atoms with Crippen LogP contribution in [0.5, 0.6) is 0 Å². The minimum atomic E-state index is -1.00. The first kappa shape index (κ1) is 23.4.